The molecule has 0 radical (unpaired) electrons. The quantitative estimate of drug-likeness (QED) is 0.559. The summed E-state index contributed by atoms with van der Waals surface area (Å²) < 4.78 is 29.7. The number of fused-ring (bicyclic) bond motifs is 1. The maximum atomic E-state index is 12.3. The van der Waals surface area contributed by atoms with Crippen molar-refractivity contribution >= 4 is 42.8 Å². The Labute approximate surface area is 160 Å². The Morgan fingerprint density at radius 2 is 1.92 bits per heavy atom. The van der Waals surface area contributed by atoms with Gasteiger partial charge in [-0.05, 0) is 30.7 Å². The molecule has 3 aromatic rings. The molecule has 2 aromatic heterocycles. The molecule has 2 heterocycles. The van der Waals surface area contributed by atoms with Gasteiger partial charge in [-0.25, -0.2) is 27.8 Å². The Morgan fingerprint density at radius 3 is 2.65 bits per heavy atom. The predicted octanol–water partition coefficient (Wildman–Crippen LogP) is 2.39. The highest BCUT2D eigenvalue weighted by molar-refractivity contribution is 9.10. The normalized spacial score (nSPS) is 11.8. The second kappa shape index (κ2) is 8.11. The molecule has 2 N–H and O–H groups in total. The average Bonchev–Trinajstić information content (AvgIpc) is 3.04. The molecule has 0 amide bonds. The fourth-order valence-electron chi connectivity index (χ4n) is 2.42. The minimum absolute atomic E-state index is 0.205. The van der Waals surface area contributed by atoms with Crippen LogP contribution < -0.4 is 10.0 Å². The number of nitrogens with zero attached hydrogens (tertiary/aromatic N) is 4. The minimum Gasteiger partial charge on any atom is -0.369 e. The van der Waals surface area contributed by atoms with Gasteiger partial charge >= 0.3 is 0 Å². The Balaban J connectivity index is 1.69. The lowest BCUT2D eigenvalue weighted by Crippen LogP contribution is -2.27. The first-order chi connectivity index (χ1) is 12.5. The van der Waals surface area contributed by atoms with Gasteiger partial charge in [0.15, 0.2) is 5.65 Å². The maximum absolute atomic E-state index is 12.3. The molecule has 0 aliphatic rings. The van der Waals surface area contributed by atoms with E-state index >= 15 is 0 Å². The van der Waals surface area contributed by atoms with E-state index in [4.69, 9.17) is 0 Å². The summed E-state index contributed by atoms with van der Waals surface area (Å²) in [6, 6.07) is 6.48. The summed E-state index contributed by atoms with van der Waals surface area (Å²) in [6.45, 7) is 3.46. The number of rotatable bonds is 8. The van der Waals surface area contributed by atoms with Crippen molar-refractivity contribution in [2.75, 3.05) is 18.4 Å². The molecule has 0 atom stereocenters. The minimum atomic E-state index is -3.56. The van der Waals surface area contributed by atoms with E-state index in [2.05, 4.69) is 48.0 Å². The number of nitrogens with one attached hydrogen (secondary N) is 2. The number of hydrogen-bond donors (Lipinski definition) is 2. The second-order valence-corrected chi connectivity index (χ2v) is 8.29. The molecular formula is C16H19BrN6O2S. The maximum Gasteiger partial charge on any atom is 0.240 e. The molecular weight excluding hydrogens is 420 g/mol. The van der Waals surface area contributed by atoms with Gasteiger partial charge in [0.1, 0.15) is 12.1 Å². The summed E-state index contributed by atoms with van der Waals surface area (Å²) in [5.41, 5.74) is 0.668. The van der Waals surface area contributed by atoms with Crippen LogP contribution in [0.15, 0.2) is 46.2 Å². The molecule has 0 spiro atoms. The van der Waals surface area contributed by atoms with E-state index in [1.807, 2.05) is 0 Å². The molecule has 0 unspecified atom stereocenters. The smallest absolute Gasteiger partial charge is 0.240 e. The summed E-state index contributed by atoms with van der Waals surface area (Å²) in [4.78, 5) is 8.71. The summed E-state index contributed by atoms with van der Waals surface area (Å²) in [7, 11) is -3.56. The number of sulfonamides is 1. The fourth-order valence-corrected chi connectivity index (χ4v) is 3.71. The number of hydrogen-bond acceptors (Lipinski definition) is 6. The number of benzene rings is 1. The highest BCUT2D eigenvalue weighted by Gasteiger charge is 2.14. The van der Waals surface area contributed by atoms with Crippen molar-refractivity contribution in [3.8, 4) is 0 Å². The monoisotopic (exact) mass is 438 g/mol. The average molecular weight is 439 g/mol. The number of anilines is 1. The van der Waals surface area contributed by atoms with Crippen LogP contribution in [-0.4, -0.2) is 41.3 Å². The molecule has 0 bridgehead atoms. The van der Waals surface area contributed by atoms with E-state index in [1.165, 1.54) is 6.33 Å². The van der Waals surface area contributed by atoms with Crippen LogP contribution in [0.4, 0.5) is 5.82 Å². The van der Waals surface area contributed by atoms with Crippen LogP contribution in [0.1, 0.15) is 13.3 Å². The third kappa shape index (κ3) is 4.19. The van der Waals surface area contributed by atoms with Gasteiger partial charge in [-0.15, -0.1) is 0 Å². The zero-order valence-electron chi connectivity index (χ0n) is 14.2. The largest absolute Gasteiger partial charge is 0.369 e. The molecule has 26 heavy (non-hydrogen) atoms. The van der Waals surface area contributed by atoms with E-state index < -0.39 is 10.0 Å². The summed E-state index contributed by atoms with van der Waals surface area (Å²) >= 11 is 3.29. The van der Waals surface area contributed by atoms with Crippen molar-refractivity contribution in [1.82, 2.24) is 24.5 Å². The first-order valence-electron chi connectivity index (χ1n) is 8.17. The molecule has 0 saturated carbocycles. The van der Waals surface area contributed by atoms with Crippen molar-refractivity contribution in [3.63, 3.8) is 0 Å². The lowest BCUT2D eigenvalue weighted by Gasteiger charge is -2.08. The Kier molecular flexibility index (Phi) is 5.84. The van der Waals surface area contributed by atoms with E-state index in [0.29, 0.717) is 12.2 Å². The van der Waals surface area contributed by atoms with Crippen LogP contribution in [0.5, 0.6) is 0 Å². The van der Waals surface area contributed by atoms with Crippen LogP contribution in [0.3, 0.4) is 0 Å². The Hall–Kier alpha value is -2.04. The zero-order chi connectivity index (χ0) is 18.6. The van der Waals surface area contributed by atoms with E-state index in [1.54, 1.807) is 35.1 Å². The first kappa shape index (κ1) is 18.7. The standard InChI is InChI=1S/C16H19BrN6O2S/c1-2-7-18-15-14-10-21-23(16(14)20-11-19-15)9-8-22-26(24,25)13-5-3-12(17)4-6-13/h3-6,10-11,22H,2,7-9H2,1H3,(H,18,19,20). The van der Waals surface area contributed by atoms with Crippen LogP contribution in [0.25, 0.3) is 11.0 Å². The Morgan fingerprint density at radius 1 is 1.15 bits per heavy atom. The molecule has 0 fully saturated rings. The topological polar surface area (TPSA) is 102 Å². The third-order valence-corrected chi connectivity index (χ3v) is 5.72. The van der Waals surface area contributed by atoms with Crippen LogP contribution in [0, 0.1) is 0 Å². The molecule has 1 aromatic carbocycles. The predicted molar refractivity (Wildman–Crippen MR) is 103 cm³/mol. The van der Waals surface area contributed by atoms with Gasteiger partial charge in [0.2, 0.25) is 10.0 Å². The van der Waals surface area contributed by atoms with Crippen molar-refractivity contribution < 1.29 is 8.42 Å². The number of aromatic nitrogens is 4. The van der Waals surface area contributed by atoms with E-state index in [9.17, 15) is 8.42 Å². The molecule has 0 aliphatic carbocycles. The van der Waals surface area contributed by atoms with Gasteiger partial charge in [0.25, 0.3) is 0 Å². The van der Waals surface area contributed by atoms with Gasteiger partial charge in [-0.2, -0.15) is 5.10 Å². The molecule has 8 nitrogen and oxygen atoms in total. The molecule has 0 saturated heterocycles. The van der Waals surface area contributed by atoms with Crippen LogP contribution in [-0.2, 0) is 16.6 Å². The third-order valence-electron chi connectivity index (χ3n) is 3.72. The van der Waals surface area contributed by atoms with Gasteiger partial charge in [0.05, 0.1) is 23.0 Å². The number of halogens is 1. The molecule has 3 rings (SSSR count). The van der Waals surface area contributed by atoms with E-state index in [-0.39, 0.29) is 11.4 Å². The lowest BCUT2D eigenvalue weighted by atomic mass is 10.4. The fraction of sp³-hybridized carbons (Fsp3) is 0.312. The summed E-state index contributed by atoms with van der Waals surface area (Å²) in [5.74, 6) is 0.735. The summed E-state index contributed by atoms with van der Waals surface area (Å²) in [5, 5.41) is 8.35. The summed E-state index contributed by atoms with van der Waals surface area (Å²) in [6.07, 6.45) is 4.15. The highest BCUT2D eigenvalue weighted by Crippen LogP contribution is 2.18. The van der Waals surface area contributed by atoms with Crippen LogP contribution >= 0.6 is 15.9 Å². The molecule has 138 valence electrons. The van der Waals surface area contributed by atoms with Crippen molar-refractivity contribution in [2.45, 2.75) is 24.8 Å². The van der Waals surface area contributed by atoms with E-state index in [0.717, 1.165) is 28.6 Å². The highest BCUT2D eigenvalue weighted by atomic mass is 79.9. The Bertz CT molecular complexity index is 988. The SMILES string of the molecule is CCCNc1ncnc2c1cnn2CCNS(=O)(=O)c1ccc(Br)cc1. The van der Waals surface area contributed by atoms with Crippen molar-refractivity contribution in [2.24, 2.45) is 0 Å². The van der Waals surface area contributed by atoms with Gasteiger partial charge in [-0.3, -0.25) is 0 Å². The molecule has 10 heteroatoms. The van der Waals surface area contributed by atoms with Crippen LogP contribution in [0.2, 0.25) is 0 Å². The lowest BCUT2D eigenvalue weighted by molar-refractivity contribution is 0.564. The van der Waals surface area contributed by atoms with Gasteiger partial charge in [0, 0.05) is 17.6 Å². The van der Waals surface area contributed by atoms with Crippen molar-refractivity contribution in [1.29, 1.82) is 0 Å². The zero-order valence-corrected chi connectivity index (χ0v) is 16.6. The van der Waals surface area contributed by atoms with Gasteiger partial charge in [-0.1, -0.05) is 22.9 Å². The molecule has 0 aliphatic heterocycles. The first-order valence-corrected chi connectivity index (χ1v) is 10.4. The second-order valence-electron chi connectivity index (χ2n) is 5.61. The van der Waals surface area contributed by atoms with Gasteiger partial charge < -0.3 is 5.32 Å². The van der Waals surface area contributed by atoms with Crippen molar-refractivity contribution in [3.05, 3.63) is 41.3 Å².